The van der Waals surface area contributed by atoms with E-state index in [0.29, 0.717) is 33.5 Å². The Hall–Kier alpha value is -1.65. The summed E-state index contributed by atoms with van der Waals surface area (Å²) < 4.78 is 7.38. The Bertz CT molecular complexity index is 901. The van der Waals surface area contributed by atoms with E-state index in [0.717, 1.165) is 44.1 Å². The zero-order valence-corrected chi connectivity index (χ0v) is 15.9. The van der Waals surface area contributed by atoms with Crippen molar-refractivity contribution < 1.29 is 9.84 Å². The number of fused-ring (bicyclic) bond motifs is 2. The highest BCUT2D eigenvalue weighted by atomic mass is 35.5. The molecule has 4 rings (SSSR count). The van der Waals surface area contributed by atoms with E-state index in [1.165, 1.54) is 11.0 Å². The number of hydrogen-bond acceptors (Lipinski definition) is 3. The molecule has 0 amide bonds. The quantitative estimate of drug-likeness (QED) is 0.793. The largest absolute Gasteiger partial charge is 0.494 e. The number of aromatic nitrogens is 1. The molecule has 0 atom stereocenters. The molecule has 1 aromatic carbocycles. The van der Waals surface area contributed by atoms with Crippen LogP contribution >= 0.6 is 23.2 Å². The maximum Gasteiger partial charge on any atom is 0.261 e. The molecule has 2 bridgehead atoms. The van der Waals surface area contributed by atoms with Gasteiger partial charge in [0.05, 0.1) is 21.8 Å². The summed E-state index contributed by atoms with van der Waals surface area (Å²) in [5.41, 5.74) is 1.64. The first-order valence-electron chi connectivity index (χ1n) is 9.17. The molecular weight excluding hydrogens is 373 g/mol. The maximum atomic E-state index is 12.8. The second kappa shape index (κ2) is 7.16. The van der Waals surface area contributed by atoms with Gasteiger partial charge in [-0.1, -0.05) is 29.6 Å². The molecular formula is C20H21Cl2NO3. The van der Waals surface area contributed by atoms with Gasteiger partial charge in [-0.2, -0.15) is 0 Å². The second-order valence-corrected chi connectivity index (χ2v) is 7.94. The van der Waals surface area contributed by atoms with Gasteiger partial charge in [0.2, 0.25) is 5.88 Å². The first-order chi connectivity index (χ1) is 12.5. The van der Waals surface area contributed by atoms with Crippen molar-refractivity contribution in [3.8, 4) is 17.3 Å². The minimum Gasteiger partial charge on any atom is -0.494 e. The predicted octanol–water partition coefficient (Wildman–Crippen LogP) is 5.05. The Morgan fingerprint density at radius 3 is 2.46 bits per heavy atom. The molecule has 0 spiro atoms. The van der Waals surface area contributed by atoms with Crippen LogP contribution < -0.4 is 10.3 Å². The SMILES string of the molecule is O=c1c2cc(c(O)n1-c1cc(OC3CCCCC3)c(Cl)cc1Cl)CCC2. The van der Waals surface area contributed by atoms with E-state index in [9.17, 15) is 9.90 Å². The third kappa shape index (κ3) is 3.21. The van der Waals surface area contributed by atoms with Gasteiger partial charge < -0.3 is 9.84 Å². The number of benzene rings is 1. The summed E-state index contributed by atoms with van der Waals surface area (Å²) in [5, 5.41) is 11.3. The zero-order valence-electron chi connectivity index (χ0n) is 14.4. The number of nitrogens with zero attached hydrogens (tertiary/aromatic N) is 1. The van der Waals surface area contributed by atoms with Crippen LogP contribution in [0.5, 0.6) is 11.6 Å². The molecule has 2 aromatic rings. The van der Waals surface area contributed by atoms with Crippen LogP contribution in [0.15, 0.2) is 23.0 Å². The summed E-state index contributed by atoms with van der Waals surface area (Å²) in [4.78, 5) is 12.8. The fourth-order valence-corrected chi connectivity index (χ4v) is 4.43. The second-order valence-electron chi connectivity index (χ2n) is 7.12. The van der Waals surface area contributed by atoms with Gasteiger partial charge in [0.1, 0.15) is 5.75 Å². The molecule has 0 saturated heterocycles. The Balaban J connectivity index is 1.79. The highest BCUT2D eigenvalue weighted by Gasteiger charge is 2.23. The third-order valence-corrected chi connectivity index (χ3v) is 5.90. The minimum atomic E-state index is -0.237. The summed E-state index contributed by atoms with van der Waals surface area (Å²) in [6, 6.07) is 5.05. The topological polar surface area (TPSA) is 51.5 Å². The van der Waals surface area contributed by atoms with Crippen molar-refractivity contribution in [2.75, 3.05) is 0 Å². The summed E-state index contributed by atoms with van der Waals surface area (Å²) in [6.07, 6.45) is 7.98. The van der Waals surface area contributed by atoms with E-state index >= 15 is 0 Å². The Kier molecular flexibility index (Phi) is 4.89. The van der Waals surface area contributed by atoms with E-state index in [4.69, 9.17) is 27.9 Å². The molecule has 1 aromatic heterocycles. The Morgan fingerprint density at radius 2 is 1.69 bits per heavy atom. The average Bonchev–Trinajstić information content (AvgIpc) is 2.65. The van der Waals surface area contributed by atoms with Crippen LogP contribution in [0.1, 0.15) is 49.7 Å². The first-order valence-corrected chi connectivity index (χ1v) is 9.93. The third-order valence-electron chi connectivity index (χ3n) is 5.31. The van der Waals surface area contributed by atoms with Crippen molar-refractivity contribution in [3.05, 3.63) is 49.7 Å². The predicted molar refractivity (Wildman–Crippen MR) is 103 cm³/mol. The number of pyridine rings is 1. The molecule has 0 aliphatic heterocycles. The van der Waals surface area contributed by atoms with Gasteiger partial charge in [-0.3, -0.25) is 4.79 Å². The summed E-state index contributed by atoms with van der Waals surface area (Å²) >= 11 is 12.7. The summed E-state index contributed by atoms with van der Waals surface area (Å²) in [6.45, 7) is 0. The molecule has 0 unspecified atom stereocenters. The molecule has 26 heavy (non-hydrogen) atoms. The number of aromatic hydroxyl groups is 1. The molecule has 1 heterocycles. The number of halogens is 2. The molecule has 2 aliphatic carbocycles. The summed E-state index contributed by atoms with van der Waals surface area (Å²) in [5.74, 6) is 0.458. The van der Waals surface area contributed by atoms with Gasteiger partial charge >= 0.3 is 0 Å². The van der Waals surface area contributed by atoms with Crippen LogP contribution in [-0.4, -0.2) is 15.8 Å². The van der Waals surface area contributed by atoms with Crippen LogP contribution in [0.4, 0.5) is 0 Å². The lowest BCUT2D eigenvalue weighted by molar-refractivity contribution is 0.155. The Morgan fingerprint density at radius 1 is 0.962 bits per heavy atom. The number of aryl methyl sites for hydroxylation is 2. The number of ether oxygens (including phenoxy) is 1. The highest BCUT2D eigenvalue weighted by Crippen LogP contribution is 2.37. The first kappa shape index (κ1) is 17.7. The fraction of sp³-hybridized carbons (Fsp3) is 0.450. The monoisotopic (exact) mass is 393 g/mol. The molecule has 1 N–H and O–H groups in total. The van der Waals surface area contributed by atoms with Gasteiger partial charge in [-0.15, -0.1) is 0 Å². The van der Waals surface area contributed by atoms with Gasteiger partial charge in [0.15, 0.2) is 0 Å². The van der Waals surface area contributed by atoms with Crippen LogP contribution in [0.3, 0.4) is 0 Å². The van der Waals surface area contributed by atoms with Crippen molar-refractivity contribution >= 4 is 23.2 Å². The minimum absolute atomic E-state index is 0.0497. The van der Waals surface area contributed by atoms with Gasteiger partial charge in [0, 0.05) is 17.2 Å². The average molecular weight is 394 g/mol. The van der Waals surface area contributed by atoms with E-state index in [2.05, 4.69) is 0 Å². The van der Waals surface area contributed by atoms with E-state index in [1.54, 1.807) is 18.2 Å². The summed E-state index contributed by atoms with van der Waals surface area (Å²) in [7, 11) is 0. The molecule has 1 saturated carbocycles. The Labute approximate surface area is 162 Å². The lowest BCUT2D eigenvalue weighted by Crippen LogP contribution is -2.26. The van der Waals surface area contributed by atoms with Gasteiger partial charge in [-0.05, 0) is 57.1 Å². The fourth-order valence-electron chi connectivity index (χ4n) is 3.92. The highest BCUT2D eigenvalue weighted by molar-refractivity contribution is 6.36. The molecule has 138 valence electrons. The van der Waals surface area contributed by atoms with Crippen molar-refractivity contribution in [3.63, 3.8) is 0 Å². The standard InChI is InChI=1S/C20H21Cl2NO3/c21-15-10-16(22)18(26-14-7-2-1-3-8-14)11-17(15)23-19(24)12-5-4-6-13(9-12)20(23)25/h9-11,14,24H,1-8H2. The van der Waals surface area contributed by atoms with Crippen molar-refractivity contribution in [1.82, 2.24) is 4.57 Å². The van der Waals surface area contributed by atoms with Crippen LogP contribution in [0.2, 0.25) is 10.0 Å². The molecule has 0 radical (unpaired) electrons. The lowest BCUT2D eigenvalue weighted by Gasteiger charge is -2.24. The van der Waals surface area contributed by atoms with E-state index < -0.39 is 0 Å². The van der Waals surface area contributed by atoms with E-state index in [1.807, 2.05) is 0 Å². The zero-order chi connectivity index (χ0) is 18.3. The molecule has 2 aliphatic rings. The van der Waals surface area contributed by atoms with Crippen LogP contribution in [0, 0.1) is 0 Å². The van der Waals surface area contributed by atoms with Crippen molar-refractivity contribution in [2.45, 2.75) is 57.5 Å². The maximum absolute atomic E-state index is 12.8. The smallest absolute Gasteiger partial charge is 0.261 e. The number of rotatable bonds is 3. The normalized spacial score (nSPS) is 17.3. The molecule has 1 fully saturated rings. The number of hydrogen-bond donors (Lipinski definition) is 1. The van der Waals surface area contributed by atoms with E-state index in [-0.39, 0.29) is 17.5 Å². The lowest BCUT2D eigenvalue weighted by atomic mass is 9.97. The van der Waals surface area contributed by atoms with Crippen molar-refractivity contribution in [2.24, 2.45) is 0 Å². The molecule has 6 heteroatoms. The van der Waals surface area contributed by atoms with Crippen LogP contribution in [0.25, 0.3) is 5.69 Å². The van der Waals surface area contributed by atoms with Gasteiger partial charge in [-0.25, -0.2) is 4.57 Å². The van der Waals surface area contributed by atoms with Crippen molar-refractivity contribution in [1.29, 1.82) is 0 Å². The van der Waals surface area contributed by atoms with Gasteiger partial charge in [0.25, 0.3) is 5.56 Å². The van der Waals surface area contributed by atoms with Crippen LogP contribution in [-0.2, 0) is 12.8 Å². The molecule has 4 nitrogen and oxygen atoms in total.